The van der Waals surface area contributed by atoms with Gasteiger partial charge in [0, 0.05) is 32.8 Å². The van der Waals surface area contributed by atoms with Crippen molar-refractivity contribution in [2.75, 3.05) is 13.1 Å². The van der Waals surface area contributed by atoms with Gasteiger partial charge in [0.15, 0.2) is 11.4 Å². The van der Waals surface area contributed by atoms with Crippen LogP contribution in [0.15, 0.2) is 18.3 Å². The van der Waals surface area contributed by atoms with E-state index in [4.69, 9.17) is 11.5 Å². The lowest BCUT2D eigenvalue weighted by Gasteiger charge is -2.40. The fourth-order valence-electron chi connectivity index (χ4n) is 5.21. The van der Waals surface area contributed by atoms with Crippen LogP contribution < -0.4 is 16.8 Å². The molecule has 2 aromatic heterocycles. The minimum absolute atomic E-state index is 0.0693. The second-order valence-corrected chi connectivity index (χ2v) is 8.71. The van der Waals surface area contributed by atoms with E-state index in [1.54, 1.807) is 29.9 Å². The van der Waals surface area contributed by atoms with Gasteiger partial charge in [-0.2, -0.15) is 0 Å². The van der Waals surface area contributed by atoms with Gasteiger partial charge in [-0.05, 0) is 18.6 Å². The third-order valence-electron chi connectivity index (χ3n) is 6.78. The number of rotatable bonds is 5. The minimum atomic E-state index is -0.958. The standard InChI is InChI=1S/C20H23N9O5/c1-26-5-2-3-11(26)18(32)23-10-4-6-27-14(10)20(34)28-8-9(7-12(28)19(27)33)29-15(17(22)31)13(16(21)30)24-25-29/h2-3,5,9-10,12,14H,4,6-8H2,1H3,(H2,21,30)(H2,22,31)(H,23,32)/t9-,10+,12-,14-/m0/s1. The van der Waals surface area contributed by atoms with E-state index in [0.717, 1.165) is 0 Å². The van der Waals surface area contributed by atoms with Crippen LogP contribution in [0.2, 0.25) is 0 Å². The third kappa shape index (κ3) is 3.13. The van der Waals surface area contributed by atoms with Gasteiger partial charge in [0.05, 0.1) is 12.1 Å². The summed E-state index contributed by atoms with van der Waals surface area (Å²) < 4.78 is 2.84. The molecule has 0 aliphatic carbocycles. The van der Waals surface area contributed by atoms with Crippen molar-refractivity contribution >= 4 is 29.5 Å². The Morgan fingerprint density at radius 2 is 1.88 bits per heavy atom. The van der Waals surface area contributed by atoms with Crippen LogP contribution in [0.1, 0.15) is 50.3 Å². The molecule has 0 bridgehead atoms. The maximum Gasteiger partial charge on any atom is 0.271 e. The molecule has 0 aromatic carbocycles. The van der Waals surface area contributed by atoms with Crippen molar-refractivity contribution in [2.45, 2.75) is 37.0 Å². The van der Waals surface area contributed by atoms with Crippen LogP contribution in [0.25, 0.3) is 0 Å². The van der Waals surface area contributed by atoms with E-state index >= 15 is 0 Å². The maximum atomic E-state index is 13.5. The number of hydrogen-bond donors (Lipinski definition) is 3. The molecular formula is C20H23N9O5. The summed E-state index contributed by atoms with van der Waals surface area (Å²) in [5, 5.41) is 10.4. The van der Waals surface area contributed by atoms with E-state index < -0.39 is 36.0 Å². The van der Waals surface area contributed by atoms with Crippen LogP contribution in [0.3, 0.4) is 0 Å². The van der Waals surface area contributed by atoms with Gasteiger partial charge in [-0.1, -0.05) is 5.21 Å². The molecule has 5 N–H and O–H groups in total. The van der Waals surface area contributed by atoms with Crippen molar-refractivity contribution in [3.63, 3.8) is 0 Å². The van der Waals surface area contributed by atoms with Gasteiger partial charge in [0.25, 0.3) is 17.7 Å². The Morgan fingerprint density at radius 3 is 2.53 bits per heavy atom. The van der Waals surface area contributed by atoms with Gasteiger partial charge in [-0.25, -0.2) is 4.68 Å². The van der Waals surface area contributed by atoms with E-state index in [9.17, 15) is 24.0 Å². The monoisotopic (exact) mass is 469 g/mol. The number of hydrogen-bond acceptors (Lipinski definition) is 7. The van der Waals surface area contributed by atoms with Gasteiger partial charge in [-0.3, -0.25) is 24.0 Å². The first-order chi connectivity index (χ1) is 16.2. The third-order valence-corrected chi connectivity index (χ3v) is 6.78. The zero-order chi connectivity index (χ0) is 24.3. The number of carbonyl (C=O) groups excluding carboxylic acids is 5. The lowest BCUT2D eigenvalue weighted by molar-refractivity contribution is -0.157. The Bertz CT molecular complexity index is 1230. The molecular weight excluding hydrogens is 446 g/mol. The largest absolute Gasteiger partial charge is 0.364 e. The normalized spacial score (nSPS) is 25.9. The van der Waals surface area contributed by atoms with Crippen molar-refractivity contribution in [2.24, 2.45) is 18.5 Å². The van der Waals surface area contributed by atoms with Crippen molar-refractivity contribution in [3.05, 3.63) is 35.4 Å². The number of carbonyl (C=O) groups is 5. The molecule has 3 fully saturated rings. The number of fused-ring (bicyclic) bond motifs is 2. The predicted molar refractivity (Wildman–Crippen MR) is 113 cm³/mol. The van der Waals surface area contributed by atoms with Crippen LogP contribution in [0, 0.1) is 0 Å². The molecule has 0 radical (unpaired) electrons. The molecule has 0 spiro atoms. The number of nitrogens with one attached hydrogen (secondary N) is 1. The van der Waals surface area contributed by atoms with E-state index in [0.29, 0.717) is 18.7 Å². The number of aromatic nitrogens is 4. The van der Waals surface area contributed by atoms with E-state index in [1.165, 1.54) is 14.5 Å². The summed E-state index contributed by atoms with van der Waals surface area (Å²) in [6, 6.07) is 0.711. The molecule has 5 rings (SSSR count). The number of piperazine rings is 1. The van der Waals surface area contributed by atoms with E-state index in [2.05, 4.69) is 15.6 Å². The molecule has 5 amide bonds. The summed E-state index contributed by atoms with van der Waals surface area (Å²) in [6.45, 7) is 0.407. The summed E-state index contributed by atoms with van der Waals surface area (Å²) in [7, 11) is 1.74. The highest BCUT2D eigenvalue weighted by molar-refractivity contribution is 6.04. The second kappa shape index (κ2) is 7.67. The van der Waals surface area contributed by atoms with Gasteiger partial charge >= 0.3 is 0 Å². The van der Waals surface area contributed by atoms with Gasteiger partial charge in [-0.15, -0.1) is 5.10 Å². The molecule has 4 atom stereocenters. The minimum Gasteiger partial charge on any atom is -0.364 e. The summed E-state index contributed by atoms with van der Waals surface area (Å²) in [5.74, 6) is -2.75. The molecule has 3 aliphatic heterocycles. The quantitative estimate of drug-likeness (QED) is 0.426. The highest BCUT2D eigenvalue weighted by atomic mass is 16.2. The molecule has 178 valence electrons. The Hall–Kier alpha value is -4.23. The molecule has 0 unspecified atom stereocenters. The van der Waals surface area contributed by atoms with Crippen molar-refractivity contribution < 1.29 is 24.0 Å². The predicted octanol–water partition coefficient (Wildman–Crippen LogP) is -2.63. The van der Waals surface area contributed by atoms with Crippen LogP contribution in [0.5, 0.6) is 0 Å². The average Bonchev–Trinajstić information content (AvgIpc) is 3.55. The van der Waals surface area contributed by atoms with Crippen LogP contribution in [0.4, 0.5) is 0 Å². The molecule has 14 nitrogen and oxygen atoms in total. The van der Waals surface area contributed by atoms with Crippen molar-refractivity contribution in [1.82, 2.24) is 34.7 Å². The first-order valence-electron chi connectivity index (χ1n) is 10.8. The highest BCUT2D eigenvalue weighted by Gasteiger charge is 2.55. The number of aryl methyl sites for hydroxylation is 1. The molecule has 3 saturated heterocycles. The van der Waals surface area contributed by atoms with Crippen LogP contribution in [-0.4, -0.2) is 90.1 Å². The van der Waals surface area contributed by atoms with Gasteiger partial charge in [0.1, 0.15) is 17.8 Å². The van der Waals surface area contributed by atoms with Crippen molar-refractivity contribution in [1.29, 1.82) is 0 Å². The molecule has 3 aliphatic rings. The smallest absolute Gasteiger partial charge is 0.271 e. The lowest BCUT2D eigenvalue weighted by Crippen LogP contribution is -2.64. The fraction of sp³-hybridized carbons (Fsp3) is 0.450. The molecule has 14 heteroatoms. The Balaban J connectivity index is 1.39. The Kier molecular flexibility index (Phi) is 4.88. The van der Waals surface area contributed by atoms with Crippen molar-refractivity contribution in [3.8, 4) is 0 Å². The number of primary amides is 2. The first kappa shape index (κ1) is 21.6. The molecule has 34 heavy (non-hydrogen) atoms. The number of amides is 5. The first-order valence-corrected chi connectivity index (χ1v) is 10.8. The van der Waals surface area contributed by atoms with Gasteiger partial charge in [0.2, 0.25) is 11.8 Å². The average molecular weight is 469 g/mol. The molecule has 5 heterocycles. The maximum absolute atomic E-state index is 13.5. The Labute approximate surface area is 192 Å². The van der Waals surface area contributed by atoms with E-state index in [1.807, 2.05) is 0 Å². The molecule has 0 saturated carbocycles. The molecule has 2 aromatic rings. The summed E-state index contributed by atoms with van der Waals surface area (Å²) >= 11 is 0. The summed E-state index contributed by atoms with van der Waals surface area (Å²) in [5.41, 5.74) is 10.5. The SMILES string of the molecule is Cn1cccc1C(=O)N[C@@H]1CCN2C(=O)[C@@H]3C[C@H](n4nnc(C(N)=O)c4C(N)=O)CN3C(=O)[C@H]12. The van der Waals surface area contributed by atoms with E-state index in [-0.39, 0.29) is 42.1 Å². The lowest BCUT2D eigenvalue weighted by atomic mass is 10.0. The van der Waals surface area contributed by atoms with Crippen LogP contribution >= 0.6 is 0 Å². The summed E-state index contributed by atoms with van der Waals surface area (Å²) in [6.07, 6.45) is 2.38. The number of nitrogens with two attached hydrogens (primary N) is 2. The zero-order valence-electron chi connectivity index (χ0n) is 18.2. The zero-order valence-corrected chi connectivity index (χ0v) is 18.2. The topological polar surface area (TPSA) is 192 Å². The summed E-state index contributed by atoms with van der Waals surface area (Å²) in [4.78, 5) is 65.9. The fourth-order valence-corrected chi connectivity index (χ4v) is 5.21. The Morgan fingerprint density at radius 1 is 1.12 bits per heavy atom. The van der Waals surface area contributed by atoms with Gasteiger partial charge < -0.3 is 31.2 Å². The van der Waals surface area contributed by atoms with Crippen LogP contribution in [-0.2, 0) is 16.6 Å². The second-order valence-electron chi connectivity index (χ2n) is 8.71. The number of nitrogens with zero attached hydrogens (tertiary/aromatic N) is 6. The highest BCUT2D eigenvalue weighted by Crippen LogP contribution is 2.36.